The minimum atomic E-state index is -0.225. The molecule has 0 aliphatic rings. The molecule has 0 spiro atoms. The molecule has 0 aliphatic heterocycles. The lowest BCUT2D eigenvalue weighted by molar-refractivity contribution is 0.0947. The molecular weight excluding hydrogens is 340 g/mol. The SMILES string of the molecule is COc1ccccc1CNC(=O)c1ccnc(CC(=O)c2ccccc2)c1. The van der Waals surface area contributed by atoms with Crippen LogP contribution in [0.25, 0.3) is 0 Å². The minimum Gasteiger partial charge on any atom is -0.496 e. The summed E-state index contributed by atoms with van der Waals surface area (Å²) in [5.41, 5.74) is 2.55. The van der Waals surface area contributed by atoms with E-state index in [0.29, 0.717) is 23.4 Å². The number of hydrogen-bond donors (Lipinski definition) is 1. The van der Waals surface area contributed by atoms with Crippen molar-refractivity contribution in [1.82, 2.24) is 10.3 Å². The van der Waals surface area contributed by atoms with Gasteiger partial charge in [0.1, 0.15) is 5.75 Å². The van der Waals surface area contributed by atoms with Gasteiger partial charge in [-0.25, -0.2) is 0 Å². The third kappa shape index (κ3) is 4.79. The minimum absolute atomic E-state index is 0.0327. The van der Waals surface area contributed by atoms with E-state index in [9.17, 15) is 9.59 Å². The van der Waals surface area contributed by atoms with Gasteiger partial charge in [-0.1, -0.05) is 48.5 Å². The standard InChI is InChI=1S/C22H20N2O3/c1-27-21-10-6-5-9-18(21)15-24-22(26)17-11-12-23-19(13-17)14-20(25)16-7-3-2-4-8-16/h2-13H,14-15H2,1H3,(H,24,26). The second kappa shape index (κ2) is 8.76. The van der Waals surface area contributed by atoms with E-state index in [4.69, 9.17) is 4.74 Å². The molecule has 3 aromatic rings. The van der Waals surface area contributed by atoms with Gasteiger partial charge in [-0.15, -0.1) is 0 Å². The highest BCUT2D eigenvalue weighted by Gasteiger charge is 2.11. The average Bonchev–Trinajstić information content (AvgIpc) is 2.73. The van der Waals surface area contributed by atoms with Crippen LogP contribution in [-0.2, 0) is 13.0 Å². The summed E-state index contributed by atoms with van der Waals surface area (Å²) in [6.07, 6.45) is 1.70. The van der Waals surface area contributed by atoms with Crippen molar-refractivity contribution in [3.63, 3.8) is 0 Å². The monoisotopic (exact) mass is 360 g/mol. The number of rotatable bonds is 7. The Labute approximate surface area is 158 Å². The number of carbonyl (C=O) groups excluding carboxylic acids is 2. The van der Waals surface area contributed by atoms with Gasteiger partial charge >= 0.3 is 0 Å². The van der Waals surface area contributed by atoms with Gasteiger partial charge in [0.25, 0.3) is 5.91 Å². The van der Waals surface area contributed by atoms with E-state index in [1.807, 2.05) is 42.5 Å². The second-order valence-electron chi connectivity index (χ2n) is 6.00. The number of hydrogen-bond acceptors (Lipinski definition) is 4. The van der Waals surface area contributed by atoms with Gasteiger partial charge in [0.15, 0.2) is 5.78 Å². The Balaban J connectivity index is 1.66. The Kier molecular flexibility index (Phi) is 5.94. The lowest BCUT2D eigenvalue weighted by Crippen LogP contribution is -2.23. The maximum Gasteiger partial charge on any atom is 0.251 e. The molecule has 0 aliphatic carbocycles. The molecule has 0 saturated heterocycles. The van der Waals surface area contributed by atoms with Gasteiger partial charge in [0.2, 0.25) is 0 Å². The summed E-state index contributed by atoms with van der Waals surface area (Å²) in [6.45, 7) is 0.351. The third-order valence-corrected chi connectivity index (χ3v) is 4.15. The third-order valence-electron chi connectivity index (χ3n) is 4.15. The fourth-order valence-corrected chi connectivity index (χ4v) is 2.73. The number of ether oxygens (including phenoxy) is 1. The molecule has 2 aromatic carbocycles. The van der Waals surface area contributed by atoms with Crippen molar-refractivity contribution in [2.75, 3.05) is 7.11 Å². The molecule has 0 radical (unpaired) electrons. The number of pyridine rings is 1. The van der Waals surface area contributed by atoms with Crippen molar-refractivity contribution in [2.24, 2.45) is 0 Å². The first-order valence-electron chi connectivity index (χ1n) is 8.60. The molecule has 1 aromatic heterocycles. The number of Topliss-reactive ketones (excluding diaryl/α,β-unsaturated/α-hetero) is 1. The predicted octanol–water partition coefficient (Wildman–Crippen LogP) is 3.45. The molecule has 1 heterocycles. The van der Waals surface area contributed by atoms with Crippen molar-refractivity contribution in [1.29, 1.82) is 0 Å². The fraction of sp³-hybridized carbons (Fsp3) is 0.136. The molecule has 0 unspecified atom stereocenters. The number of para-hydroxylation sites is 1. The Morgan fingerprint density at radius 2 is 1.70 bits per heavy atom. The van der Waals surface area contributed by atoms with E-state index in [-0.39, 0.29) is 18.1 Å². The van der Waals surface area contributed by atoms with Crippen LogP contribution in [0, 0.1) is 0 Å². The molecule has 27 heavy (non-hydrogen) atoms. The summed E-state index contributed by atoms with van der Waals surface area (Å²) in [4.78, 5) is 29.0. The molecule has 5 heteroatoms. The summed E-state index contributed by atoms with van der Waals surface area (Å²) in [5.74, 6) is 0.466. The molecule has 3 rings (SSSR count). The topological polar surface area (TPSA) is 68.3 Å². The zero-order valence-corrected chi connectivity index (χ0v) is 15.0. The molecule has 0 saturated carbocycles. The van der Waals surface area contributed by atoms with E-state index in [1.165, 1.54) is 0 Å². The van der Waals surface area contributed by atoms with Crippen LogP contribution < -0.4 is 10.1 Å². The summed E-state index contributed by atoms with van der Waals surface area (Å²) < 4.78 is 5.29. The summed E-state index contributed by atoms with van der Waals surface area (Å²) in [5, 5.41) is 2.87. The highest BCUT2D eigenvalue weighted by Crippen LogP contribution is 2.17. The zero-order chi connectivity index (χ0) is 19.1. The Morgan fingerprint density at radius 1 is 0.963 bits per heavy atom. The van der Waals surface area contributed by atoms with E-state index < -0.39 is 0 Å². The maximum absolute atomic E-state index is 12.5. The van der Waals surface area contributed by atoms with Crippen LogP contribution in [0.3, 0.4) is 0 Å². The largest absolute Gasteiger partial charge is 0.496 e. The molecular formula is C22H20N2O3. The number of aromatic nitrogens is 1. The van der Waals surface area contributed by atoms with Crippen molar-refractivity contribution >= 4 is 11.7 Å². The number of amides is 1. The first-order chi connectivity index (χ1) is 13.2. The molecule has 0 atom stereocenters. The first-order valence-corrected chi connectivity index (χ1v) is 8.60. The van der Waals surface area contributed by atoms with Gasteiger partial charge in [-0.05, 0) is 18.2 Å². The van der Waals surface area contributed by atoms with Crippen LogP contribution in [0.4, 0.5) is 0 Å². The van der Waals surface area contributed by atoms with Crippen molar-refractivity contribution in [3.8, 4) is 5.75 Å². The fourth-order valence-electron chi connectivity index (χ4n) is 2.73. The highest BCUT2D eigenvalue weighted by atomic mass is 16.5. The Morgan fingerprint density at radius 3 is 2.48 bits per heavy atom. The van der Waals surface area contributed by atoms with E-state index in [2.05, 4.69) is 10.3 Å². The molecule has 0 fully saturated rings. The first kappa shape index (κ1) is 18.3. The maximum atomic E-state index is 12.5. The molecule has 5 nitrogen and oxygen atoms in total. The lowest BCUT2D eigenvalue weighted by atomic mass is 10.1. The van der Waals surface area contributed by atoms with Gasteiger partial charge in [0, 0.05) is 35.1 Å². The van der Waals surface area contributed by atoms with Crippen molar-refractivity contribution < 1.29 is 14.3 Å². The summed E-state index contributed by atoms with van der Waals surface area (Å²) in [7, 11) is 1.60. The number of nitrogens with zero attached hydrogens (tertiary/aromatic N) is 1. The quantitative estimate of drug-likeness (QED) is 0.655. The zero-order valence-electron chi connectivity index (χ0n) is 15.0. The number of nitrogens with one attached hydrogen (secondary N) is 1. The van der Waals surface area contributed by atoms with E-state index >= 15 is 0 Å². The summed E-state index contributed by atoms with van der Waals surface area (Å²) >= 11 is 0. The second-order valence-corrected chi connectivity index (χ2v) is 6.00. The highest BCUT2D eigenvalue weighted by molar-refractivity contribution is 5.98. The predicted molar refractivity (Wildman–Crippen MR) is 103 cm³/mol. The molecule has 0 bridgehead atoms. The van der Waals surface area contributed by atoms with E-state index in [1.54, 1.807) is 37.6 Å². The van der Waals surface area contributed by atoms with Crippen LogP contribution in [-0.4, -0.2) is 23.8 Å². The molecule has 1 amide bonds. The van der Waals surface area contributed by atoms with Gasteiger partial charge < -0.3 is 10.1 Å². The number of benzene rings is 2. The van der Waals surface area contributed by atoms with Crippen molar-refractivity contribution in [2.45, 2.75) is 13.0 Å². The average molecular weight is 360 g/mol. The lowest BCUT2D eigenvalue weighted by Gasteiger charge is -2.10. The summed E-state index contributed by atoms with van der Waals surface area (Å²) in [6, 6.07) is 19.8. The van der Waals surface area contributed by atoms with Gasteiger partial charge in [0.05, 0.1) is 13.5 Å². The number of carbonyl (C=O) groups is 2. The van der Waals surface area contributed by atoms with Crippen LogP contribution in [0.2, 0.25) is 0 Å². The number of ketones is 1. The Bertz CT molecular complexity index is 939. The van der Waals surface area contributed by atoms with Gasteiger partial charge in [-0.3, -0.25) is 14.6 Å². The smallest absolute Gasteiger partial charge is 0.251 e. The van der Waals surface area contributed by atoms with Crippen LogP contribution in [0.1, 0.15) is 32.0 Å². The van der Waals surface area contributed by atoms with Crippen LogP contribution in [0.5, 0.6) is 5.75 Å². The number of methoxy groups -OCH3 is 1. The van der Waals surface area contributed by atoms with Crippen molar-refractivity contribution in [3.05, 3.63) is 95.3 Å². The van der Waals surface area contributed by atoms with E-state index in [0.717, 1.165) is 11.3 Å². The van der Waals surface area contributed by atoms with Crippen LogP contribution in [0.15, 0.2) is 72.9 Å². The van der Waals surface area contributed by atoms with Gasteiger partial charge in [-0.2, -0.15) is 0 Å². The van der Waals surface area contributed by atoms with Crippen LogP contribution >= 0.6 is 0 Å². The molecule has 136 valence electrons. The Hall–Kier alpha value is -3.47. The normalized spacial score (nSPS) is 10.3. The molecule has 1 N–H and O–H groups in total.